The average Bonchev–Trinajstić information content (AvgIpc) is 3.59. The van der Waals surface area contributed by atoms with Crippen molar-refractivity contribution in [3.8, 4) is 0 Å². The van der Waals surface area contributed by atoms with Crippen LogP contribution in [0.2, 0.25) is 0 Å². The van der Waals surface area contributed by atoms with Crippen LogP contribution in [0.1, 0.15) is 54.3 Å². The van der Waals surface area contributed by atoms with Crippen LogP contribution in [0.3, 0.4) is 0 Å². The highest BCUT2D eigenvalue weighted by atomic mass is 32.1. The van der Waals surface area contributed by atoms with Gasteiger partial charge < -0.3 is 10.0 Å². The third-order valence-electron chi connectivity index (χ3n) is 8.42. The predicted octanol–water partition coefficient (Wildman–Crippen LogP) is 6.60. The normalized spacial score (nSPS) is 22.1. The Kier molecular flexibility index (Phi) is 8.87. The molecule has 2 saturated heterocycles. The molecule has 1 N–H and O–H groups in total. The number of piperidine rings is 1. The lowest BCUT2D eigenvalue weighted by Gasteiger charge is -2.35. The molecule has 0 spiro atoms. The first-order valence-corrected chi connectivity index (χ1v) is 14.6. The molecule has 3 aromatic rings. The van der Waals surface area contributed by atoms with Gasteiger partial charge in [0.25, 0.3) is 0 Å². The molecule has 3 heterocycles. The predicted molar refractivity (Wildman–Crippen MR) is 147 cm³/mol. The maximum Gasteiger partial charge on any atom is 0.325 e. The maximum atomic E-state index is 13.5. The van der Waals surface area contributed by atoms with Crippen LogP contribution in [0.25, 0.3) is 0 Å². The summed E-state index contributed by atoms with van der Waals surface area (Å²) in [6.45, 7) is 4.62. The number of aliphatic carboxylic acids is 1. The van der Waals surface area contributed by atoms with Crippen molar-refractivity contribution in [2.75, 3.05) is 32.7 Å². The van der Waals surface area contributed by atoms with E-state index in [1.54, 1.807) is 17.4 Å². The molecular weight excluding hydrogens is 502 g/mol. The SMILES string of the molecule is O=C(O)C(c1ccsc1)N1CC(CN2CCC(CCCc3ccc(F)c(F)c3)CC2)C(c2ccccc2)C1. The van der Waals surface area contributed by atoms with Crippen LogP contribution in [0.15, 0.2) is 65.4 Å². The van der Waals surface area contributed by atoms with E-state index in [-0.39, 0.29) is 0 Å². The molecule has 2 aromatic carbocycles. The molecule has 1 aromatic heterocycles. The summed E-state index contributed by atoms with van der Waals surface area (Å²) >= 11 is 1.55. The summed E-state index contributed by atoms with van der Waals surface area (Å²) in [7, 11) is 0. The Hall–Kier alpha value is -2.61. The minimum Gasteiger partial charge on any atom is -0.480 e. The number of aryl methyl sites for hydroxylation is 1. The second-order valence-corrected chi connectivity index (χ2v) is 11.7. The van der Waals surface area contributed by atoms with Gasteiger partial charge in [-0.05, 0) is 96.3 Å². The highest BCUT2D eigenvalue weighted by molar-refractivity contribution is 7.08. The molecule has 0 aliphatic carbocycles. The third-order valence-corrected chi connectivity index (χ3v) is 9.12. The molecule has 0 bridgehead atoms. The molecular formula is C31H36F2N2O2S. The summed E-state index contributed by atoms with van der Waals surface area (Å²) in [5, 5.41) is 14.0. The number of carboxylic acid groups (broad SMARTS) is 1. The fourth-order valence-electron chi connectivity index (χ4n) is 6.40. The van der Waals surface area contributed by atoms with Gasteiger partial charge in [0.2, 0.25) is 0 Å². The van der Waals surface area contributed by atoms with Crippen molar-refractivity contribution < 1.29 is 18.7 Å². The zero-order chi connectivity index (χ0) is 26.5. The summed E-state index contributed by atoms with van der Waals surface area (Å²) in [6.07, 6.45) is 5.18. The highest BCUT2D eigenvalue weighted by Crippen LogP contribution is 2.39. The van der Waals surface area contributed by atoms with Gasteiger partial charge in [-0.1, -0.05) is 42.8 Å². The van der Waals surface area contributed by atoms with E-state index in [4.69, 9.17) is 0 Å². The minimum absolute atomic E-state index is 0.311. The lowest BCUT2D eigenvalue weighted by atomic mass is 9.87. The second-order valence-electron chi connectivity index (χ2n) is 10.9. The van der Waals surface area contributed by atoms with E-state index < -0.39 is 23.6 Å². The van der Waals surface area contributed by atoms with Gasteiger partial charge in [0.05, 0.1) is 0 Å². The van der Waals surface area contributed by atoms with Crippen molar-refractivity contribution in [2.45, 2.75) is 44.1 Å². The number of halogens is 2. The number of rotatable bonds is 10. The first-order valence-electron chi connectivity index (χ1n) is 13.7. The summed E-state index contributed by atoms with van der Waals surface area (Å²) in [4.78, 5) is 17.0. The van der Waals surface area contributed by atoms with Crippen LogP contribution < -0.4 is 0 Å². The van der Waals surface area contributed by atoms with Crippen molar-refractivity contribution in [3.05, 3.63) is 93.7 Å². The zero-order valence-corrected chi connectivity index (χ0v) is 22.5. The molecule has 0 radical (unpaired) electrons. The summed E-state index contributed by atoms with van der Waals surface area (Å²) in [5.74, 6) is -0.976. The van der Waals surface area contributed by atoms with Crippen molar-refractivity contribution >= 4 is 17.3 Å². The van der Waals surface area contributed by atoms with Crippen molar-refractivity contribution in [2.24, 2.45) is 11.8 Å². The Morgan fingerprint density at radius 2 is 1.82 bits per heavy atom. The van der Waals surface area contributed by atoms with Gasteiger partial charge in [0.1, 0.15) is 6.04 Å². The van der Waals surface area contributed by atoms with Gasteiger partial charge in [-0.3, -0.25) is 9.69 Å². The Labute approximate surface area is 227 Å². The monoisotopic (exact) mass is 538 g/mol. The standard InChI is InChI=1S/C31H36F2N2O2S/c32-28-10-9-23(17-29(28)33)6-4-5-22-11-14-34(15-12-22)18-26-19-35(20-27(26)24-7-2-1-3-8-24)30(31(36)37)25-13-16-38-21-25/h1-3,7-10,13,16-17,21-22,26-27,30H,4-6,11-12,14-15,18-20H2,(H,36,37). The van der Waals surface area contributed by atoms with E-state index in [0.717, 1.165) is 76.0 Å². The molecule has 2 aliphatic heterocycles. The molecule has 202 valence electrons. The third kappa shape index (κ3) is 6.50. The number of benzene rings is 2. The van der Waals surface area contributed by atoms with Gasteiger partial charge >= 0.3 is 5.97 Å². The second kappa shape index (κ2) is 12.5. The fraction of sp³-hybridized carbons (Fsp3) is 0.452. The number of carboxylic acids is 1. The number of hydrogen-bond donors (Lipinski definition) is 1. The topological polar surface area (TPSA) is 43.8 Å². The fourth-order valence-corrected chi connectivity index (χ4v) is 7.08. The lowest BCUT2D eigenvalue weighted by Crippen LogP contribution is -2.39. The van der Waals surface area contributed by atoms with Gasteiger partial charge in [0.15, 0.2) is 11.6 Å². The van der Waals surface area contributed by atoms with Crippen molar-refractivity contribution in [1.29, 1.82) is 0 Å². The molecule has 5 rings (SSSR count). The Morgan fingerprint density at radius 1 is 1.03 bits per heavy atom. The number of likely N-dealkylation sites (tertiary alicyclic amines) is 2. The van der Waals surface area contributed by atoms with E-state index in [1.165, 1.54) is 17.7 Å². The number of nitrogens with zero attached hydrogens (tertiary/aromatic N) is 2. The first-order chi connectivity index (χ1) is 18.5. The van der Waals surface area contributed by atoms with Crippen LogP contribution >= 0.6 is 11.3 Å². The maximum absolute atomic E-state index is 13.5. The van der Waals surface area contributed by atoms with E-state index in [2.05, 4.69) is 34.1 Å². The van der Waals surface area contributed by atoms with E-state index in [9.17, 15) is 18.7 Å². The van der Waals surface area contributed by atoms with Crippen molar-refractivity contribution in [3.63, 3.8) is 0 Å². The molecule has 7 heteroatoms. The van der Waals surface area contributed by atoms with Gasteiger partial charge in [0, 0.05) is 25.6 Å². The molecule has 3 atom stereocenters. The van der Waals surface area contributed by atoms with Crippen LogP contribution in [0.4, 0.5) is 8.78 Å². The molecule has 4 nitrogen and oxygen atoms in total. The molecule has 0 amide bonds. The number of hydrogen-bond acceptors (Lipinski definition) is 4. The first kappa shape index (κ1) is 27.0. The van der Waals surface area contributed by atoms with Crippen molar-refractivity contribution in [1.82, 2.24) is 9.80 Å². The summed E-state index contributed by atoms with van der Waals surface area (Å²) < 4.78 is 26.6. The zero-order valence-electron chi connectivity index (χ0n) is 21.6. The highest BCUT2D eigenvalue weighted by Gasteiger charge is 2.41. The van der Waals surface area contributed by atoms with E-state index in [0.29, 0.717) is 17.8 Å². The molecule has 2 aliphatic rings. The largest absolute Gasteiger partial charge is 0.480 e. The summed E-state index contributed by atoms with van der Waals surface area (Å²) in [6, 6.07) is 16.1. The lowest BCUT2D eigenvalue weighted by molar-refractivity contribution is -0.143. The van der Waals surface area contributed by atoms with Gasteiger partial charge in [-0.2, -0.15) is 11.3 Å². The molecule has 0 saturated carbocycles. The molecule has 38 heavy (non-hydrogen) atoms. The van der Waals surface area contributed by atoms with E-state index in [1.807, 2.05) is 22.9 Å². The Balaban J connectivity index is 1.17. The van der Waals surface area contributed by atoms with Crippen LogP contribution in [-0.4, -0.2) is 53.6 Å². The van der Waals surface area contributed by atoms with Crippen LogP contribution in [0, 0.1) is 23.5 Å². The summed E-state index contributed by atoms with van der Waals surface area (Å²) in [5.41, 5.74) is 3.03. The quantitative estimate of drug-likeness (QED) is 0.316. The molecule has 3 unspecified atom stereocenters. The van der Waals surface area contributed by atoms with Gasteiger partial charge in [-0.15, -0.1) is 0 Å². The Morgan fingerprint density at radius 3 is 2.50 bits per heavy atom. The van der Waals surface area contributed by atoms with E-state index >= 15 is 0 Å². The van der Waals surface area contributed by atoms with Crippen LogP contribution in [-0.2, 0) is 11.2 Å². The molecule has 2 fully saturated rings. The number of thiophene rings is 1. The van der Waals surface area contributed by atoms with Crippen LogP contribution in [0.5, 0.6) is 0 Å². The average molecular weight is 539 g/mol. The smallest absolute Gasteiger partial charge is 0.325 e. The minimum atomic E-state index is -0.786. The number of carbonyl (C=O) groups is 1. The Bertz CT molecular complexity index is 1180. The van der Waals surface area contributed by atoms with Gasteiger partial charge in [-0.25, -0.2) is 8.78 Å².